The highest BCUT2D eigenvalue weighted by molar-refractivity contribution is 5.96. The molecule has 1 aromatic heterocycles. The standard InChI is InChI=1S/C15H16F3N3O3/c1-8-12(5-11(6-19)24-8)14(23)21-7-10(20-9(2)22)3-4-13(21)15(16,17)18/h5,10,13H,3-4,7H2,1-2H3,(H,20,22)/t10-,13-/m1/s1. The van der Waals surface area contributed by atoms with Crippen molar-refractivity contribution in [3.63, 3.8) is 0 Å². The third-order valence-electron chi connectivity index (χ3n) is 3.89. The number of alkyl halides is 3. The van der Waals surface area contributed by atoms with Gasteiger partial charge in [-0.3, -0.25) is 9.59 Å². The molecule has 9 heteroatoms. The van der Waals surface area contributed by atoms with Gasteiger partial charge in [-0.1, -0.05) is 0 Å². The smallest absolute Gasteiger partial charge is 0.408 e. The molecule has 1 N–H and O–H groups in total. The zero-order chi connectivity index (χ0) is 18.1. The second kappa shape index (κ2) is 6.55. The van der Waals surface area contributed by atoms with Gasteiger partial charge in [-0.15, -0.1) is 0 Å². The summed E-state index contributed by atoms with van der Waals surface area (Å²) in [5.74, 6) is -1.30. The zero-order valence-corrected chi connectivity index (χ0v) is 13.1. The molecule has 1 saturated heterocycles. The number of nitriles is 1. The number of furan rings is 1. The van der Waals surface area contributed by atoms with Gasteiger partial charge in [0.05, 0.1) is 5.56 Å². The second-order valence-corrected chi connectivity index (χ2v) is 5.68. The van der Waals surface area contributed by atoms with Crippen LogP contribution in [0.4, 0.5) is 13.2 Å². The van der Waals surface area contributed by atoms with Gasteiger partial charge in [-0.25, -0.2) is 0 Å². The van der Waals surface area contributed by atoms with Crippen LogP contribution in [0.1, 0.15) is 41.6 Å². The molecule has 2 rings (SSSR count). The van der Waals surface area contributed by atoms with Crippen molar-refractivity contribution >= 4 is 11.8 Å². The van der Waals surface area contributed by atoms with Gasteiger partial charge in [0.25, 0.3) is 5.91 Å². The number of amides is 2. The summed E-state index contributed by atoms with van der Waals surface area (Å²) in [4.78, 5) is 24.4. The maximum Gasteiger partial charge on any atom is 0.408 e. The van der Waals surface area contributed by atoms with Crippen LogP contribution in [0.25, 0.3) is 0 Å². The van der Waals surface area contributed by atoms with Gasteiger partial charge in [0, 0.05) is 25.6 Å². The van der Waals surface area contributed by atoms with E-state index in [1.165, 1.54) is 13.8 Å². The van der Waals surface area contributed by atoms with E-state index in [-0.39, 0.29) is 42.4 Å². The summed E-state index contributed by atoms with van der Waals surface area (Å²) in [6, 6.07) is 0.354. The largest absolute Gasteiger partial charge is 0.450 e. The molecule has 0 radical (unpaired) electrons. The first kappa shape index (κ1) is 17.8. The molecule has 130 valence electrons. The number of hydrogen-bond donors (Lipinski definition) is 1. The lowest BCUT2D eigenvalue weighted by atomic mass is 9.96. The lowest BCUT2D eigenvalue weighted by Crippen LogP contribution is -2.58. The van der Waals surface area contributed by atoms with Gasteiger partial charge >= 0.3 is 6.18 Å². The van der Waals surface area contributed by atoms with Crippen LogP contribution in [0.15, 0.2) is 10.5 Å². The van der Waals surface area contributed by atoms with E-state index in [0.717, 1.165) is 6.07 Å². The second-order valence-electron chi connectivity index (χ2n) is 5.68. The monoisotopic (exact) mass is 343 g/mol. The molecule has 0 spiro atoms. The molecule has 1 aromatic rings. The fraction of sp³-hybridized carbons (Fsp3) is 0.533. The fourth-order valence-corrected chi connectivity index (χ4v) is 2.85. The van der Waals surface area contributed by atoms with Crippen LogP contribution in [-0.4, -0.2) is 41.5 Å². The van der Waals surface area contributed by atoms with E-state index in [0.29, 0.717) is 4.90 Å². The minimum absolute atomic E-state index is 0.0794. The highest BCUT2D eigenvalue weighted by Gasteiger charge is 2.48. The predicted octanol–water partition coefficient (Wildman–Crippen LogP) is 2.13. The van der Waals surface area contributed by atoms with Crippen molar-refractivity contribution in [2.75, 3.05) is 6.54 Å². The van der Waals surface area contributed by atoms with Gasteiger partial charge < -0.3 is 14.6 Å². The Balaban J connectivity index is 2.32. The number of likely N-dealkylation sites (tertiary alicyclic amines) is 1. The van der Waals surface area contributed by atoms with Crippen LogP contribution in [0.3, 0.4) is 0 Å². The van der Waals surface area contributed by atoms with E-state index in [2.05, 4.69) is 5.32 Å². The Hall–Kier alpha value is -2.50. The van der Waals surface area contributed by atoms with E-state index in [4.69, 9.17) is 9.68 Å². The summed E-state index contributed by atoms with van der Waals surface area (Å²) in [6.07, 6.45) is -4.75. The third kappa shape index (κ3) is 3.69. The normalized spacial score (nSPS) is 21.2. The Kier molecular flexibility index (Phi) is 4.87. The van der Waals surface area contributed by atoms with Crippen molar-refractivity contribution in [2.24, 2.45) is 0 Å². The lowest BCUT2D eigenvalue weighted by Gasteiger charge is -2.40. The summed E-state index contributed by atoms with van der Waals surface area (Å²) in [5.41, 5.74) is -0.0794. The first-order valence-electron chi connectivity index (χ1n) is 7.28. The maximum absolute atomic E-state index is 13.3. The van der Waals surface area contributed by atoms with Crippen LogP contribution in [0, 0.1) is 18.3 Å². The van der Waals surface area contributed by atoms with Crippen molar-refractivity contribution in [2.45, 2.75) is 44.9 Å². The summed E-state index contributed by atoms with van der Waals surface area (Å²) in [5, 5.41) is 11.3. The molecule has 2 atom stereocenters. The molecule has 0 aliphatic carbocycles. The molecular weight excluding hydrogens is 327 g/mol. The number of hydrogen-bond acceptors (Lipinski definition) is 4. The Morgan fingerprint density at radius 2 is 2.08 bits per heavy atom. The summed E-state index contributed by atoms with van der Waals surface area (Å²) < 4.78 is 44.8. The molecule has 0 saturated carbocycles. The van der Waals surface area contributed by atoms with Gasteiger partial charge in [0.1, 0.15) is 17.9 Å². The third-order valence-corrected chi connectivity index (χ3v) is 3.89. The molecule has 1 aliphatic heterocycles. The van der Waals surface area contributed by atoms with Crippen molar-refractivity contribution < 1.29 is 27.2 Å². The van der Waals surface area contributed by atoms with E-state index in [1.54, 1.807) is 6.07 Å². The topological polar surface area (TPSA) is 86.3 Å². The van der Waals surface area contributed by atoms with Crippen LogP contribution >= 0.6 is 0 Å². The van der Waals surface area contributed by atoms with Crippen LogP contribution in [0.5, 0.6) is 0 Å². The number of carbonyl (C=O) groups is 2. The van der Waals surface area contributed by atoms with E-state index >= 15 is 0 Å². The SMILES string of the molecule is CC(=O)N[C@@H]1CC[C@H](C(F)(F)F)N(C(=O)c2cc(C#N)oc2C)C1. The number of rotatable bonds is 2. The number of aryl methyl sites for hydroxylation is 1. The summed E-state index contributed by atoms with van der Waals surface area (Å²) in [6.45, 7) is 2.42. The van der Waals surface area contributed by atoms with Crippen LogP contribution < -0.4 is 5.32 Å². The minimum atomic E-state index is -4.58. The van der Waals surface area contributed by atoms with Crippen molar-refractivity contribution in [3.8, 4) is 6.07 Å². The van der Waals surface area contributed by atoms with Gasteiger partial charge in [0.15, 0.2) is 0 Å². The molecule has 6 nitrogen and oxygen atoms in total. The Bertz CT molecular complexity index is 690. The average Bonchev–Trinajstić information content (AvgIpc) is 2.85. The molecule has 2 amide bonds. The zero-order valence-electron chi connectivity index (χ0n) is 13.1. The average molecular weight is 343 g/mol. The minimum Gasteiger partial charge on any atom is -0.450 e. The number of halogens is 3. The van der Waals surface area contributed by atoms with E-state index in [9.17, 15) is 22.8 Å². The Labute approximate surface area is 136 Å². The Morgan fingerprint density at radius 3 is 2.58 bits per heavy atom. The number of carbonyl (C=O) groups excluding carboxylic acids is 2. The van der Waals surface area contributed by atoms with E-state index in [1.807, 2.05) is 0 Å². The van der Waals surface area contributed by atoms with Gasteiger partial charge in [-0.05, 0) is 19.8 Å². The van der Waals surface area contributed by atoms with Crippen LogP contribution in [0.2, 0.25) is 0 Å². The number of nitrogens with one attached hydrogen (secondary N) is 1. The molecule has 24 heavy (non-hydrogen) atoms. The lowest BCUT2D eigenvalue weighted by molar-refractivity contribution is -0.184. The summed E-state index contributed by atoms with van der Waals surface area (Å²) in [7, 11) is 0. The molecule has 0 unspecified atom stereocenters. The number of piperidine rings is 1. The molecular formula is C15H16F3N3O3. The van der Waals surface area contributed by atoms with Crippen molar-refractivity contribution in [3.05, 3.63) is 23.2 Å². The van der Waals surface area contributed by atoms with Gasteiger partial charge in [0.2, 0.25) is 11.7 Å². The van der Waals surface area contributed by atoms with Crippen molar-refractivity contribution in [1.82, 2.24) is 10.2 Å². The molecule has 2 heterocycles. The number of nitrogens with zero attached hydrogens (tertiary/aromatic N) is 2. The van der Waals surface area contributed by atoms with Crippen LogP contribution in [-0.2, 0) is 4.79 Å². The molecule has 1 fully saturated rings. The molecule has 1 aliphatic rings. The highest BCUT2D eigenvalue weighted by Crippen LogP contribution is 2.33. The quantitative estimate of drug-likeness (QED) is 0.891. The Morgan fingerprint density at radius 1 is 1.42 bits per heavy atom. The molecule has 0 aromatic carbocycles. The first-order chi connectivity index (χ1) is 11.1. The maximum atomic E-state index is 13.3. The molecule has 0 bridgehead atoms. The highest BCUT2D eigenvalue weighted by atomic mass is 19.4. The first-order valence-corrected chi connectivity index (χ1v) is 7.28. The predicted molar refractivity (Wildman–Crippen MR) is 75.9 cm³/mol. The van der Waals surface area contributed by atoms with Crippen molar-refractivity contribution in [1.29, 1.82) is 5.26 Å². The fourth-order valence-electron chi connectivity index (χ4n) is 2.85. The van der Waals surface area contributed by atoms with E-state index < -0.39 is 24.2 Å². The van der Waals surface area contributed by atoms with Gasteiger partial charge in [-0.2, -0.15) is 18.4 Å². The summed E-state index contributed by atoms with van der Waals surface area (Å²) >= 11 is 0.